The SMILES string of the molecule is C[C@H]1CN([C@@H](C)CO)C(=O)c2cc(/C=C/c3ccccc3)cnc2O[C@H]1CN(C)Cc1ccc2c(c1)OCO2. The minimum absolute atomic E-state index is 0.00903. The molecule has 0 radical (unpaired) electrons. The summed E-state index contributed by atoms with van der Waals surface area (Å²) in [7, 11) is 2.05. The van der Waals surface area contributed by atoms with Gasteiger partial charge in [-0.3, -0.25) is 9.69 Å². The van der Waals surface area contributed by atoms with Crippen LogP contribution < -0.4 is 14.2 Å². The van der Waals surface area contributed by atoms with Gasteiger partial charge in [0.1, 0.15) is 11.7 Å². The first-order valence-corrected chi connectivity index (χ1v) is 13.3. The van der Waals surface area contributed by atoms with Crippen LogP contribution in [0.4, 0.5) is 0 Å². The number of benzene rings is 2. The molecule has 0 unspecified atom stereocenters. The molecule has 1 N–H and O–H groups in total. The Labute approximate surface area is 229 Å². The number of hydrogen-bond donors (Lipinski definition) is 1. The second-order valence-electron chi connectivity index (χ2n) is 10.4. The van der Waals surface area contributed by atoms with Gasteiger partial charge in [-0.1, -0.05) is 55.5 Å². The highest BCUT2D eigenvalue weighted by molar-refractivity contribution is 5.97. The van der Waals surface area contributed by atoms with Crippen LogP contribution in [0.3, 0.4) is 0 Å². The minimum atomic E-state index is -0.332. The van der Waals surface area contributed by atoms with Crippen LogP contribution in [0.15, 0.2) is 60.8 Å². The average molecular weight is 530 g/mol. The molecule has 2 aromatic carbocycles. The van der Waals surface area contributed by atoms with Crippen LogP contribution in [0.2, 0.25) is 0 Å². The zero-order valence-corrected chi connectivity index (χ0v) is 22.6. The van der Waals surface area contributed by atoms with Crippen molar-refractivity contribution in [1.82, 2.24) is 14.8 Å². The lowest BCUT2D eigenvalue weighted by molar-refractivity contribution is 0.0325. The summed E-state index contributed by atoms with van der Waals surface area (Å²) in [5, 5.41) is 9.93. The smallest absolute Gasteiger partial charge is 0.259 e. The highest BCUT2D eigenvalue weighted by Crippen LogP contribution is 2.33. The number of pyridine rings is 1. The van der Waals surface area contributed by atoms with E-state index in [0.717, 1.165) is 28.2 Å². The standard InChI is InChI=1S/C31H35N3O5/c1-21-16-34(22(2)19-35)31(36)26-13-24(10-9-23-7-5-4-6-8-23)15-32-30(26)39-29(21)18-33(3)17-25-11-12-27-28(14-25)38-20-37-27/h4-15,21-22,29,35H,16-20H2,1-3H3/b10-9+/t21-,22-,29-/m0/s1. The molecule has 2 aliphatic rings. The Kier molecular flexibility index (Phi) is 8.14. The number of hydrogen-bond acceptors (Lipinski definition) is 7. The third-order valence-electron chi connectivity index (χ3n) is 7.19. The molecule has 2 aliphatic heterocycles. The van der Waals surface area contributed by atoms with Gasteiger partial charge in [-0.05, 0) is 48.9 Å². The van der Waals surface area contributed by atoms with Crippen LogP contribution in [0.5, 0.6) is 17.4 Å². The third kappa shape index (κ3) is 6.24. The molecular weight excluding hydrogens is 494 g/mol. The number of ether oxygens (including phenoxy) is 3. The minimum Gasteiger partial charge on any atom is -0.472 e. The van der Waals surface area contributed by atoms with E-state index in [4.69, 9.17) is 14.2 Å². The zero-order valence-electron chi connectivity index (χ0n) is 22.6. The average Bonchev–Trinajstić information content (AvgIpc) is 3.42. The van der Waals surface area contributed by atoms with Crippen LogP contribution in [-0.4, -0.2) is 71.5 Å². The van der Waals surface area contributed by atoms with E-state index in [-0.39, 0.29) is 37.4 Å². The van der Waals surface area contributed by atoms with Gasteiger partial charge in [0.15, 0.2) is 11.5 Å². The summed E-state index contributed by atoms with van der Waals surface area (Å²) in [6.07, 6.45) is 5.43. The number of aliphatic hydroxyl groups excluding tert-OH is 1. The maximum Gasteiger partial charge on any atom is 0.259 e. The number of aromatic nitrogens is 1. The van der Waals surface area contributed by atoms with Crippen LogP contribution in [0, 0.1) is 5.92 Å². The van der Waals surface area contributed by atoms with E-state index < -0.39 is 0 Å². The summed E-state index contributed by atoms with van der Waals surface area (Å²) in [5.41, 5.74) is 3.37. The van der Waals surface area contributed by atoms with Crippen molar-refractivity contribution in [2.24, 2.45) is 5.92 Å². The molecule has 0 saturated heterocycles. The van der Waals surface area contributed by atoms with Crippen molar-refractivity contribution in [1.29, 1.82) is 0 Å². The quantitative estimate of drug-likeness (QED) is 0.465. The van der Waals surface area contributed by atoms with E-state index in [2.05, 4.69) is 16.8 Å². The summed E-state index contributed by atoms with van der Waals surface area (Å²) in [6, 6.07) is 17.4. The summed E-state index contributed by atoms with van der Waals surface area (Å²) in [4.78, 5) is 22.2. The summed E-state index contributed by atoms with van der Waals surface area (Å²) < 4.78 is 17.4. The molecule has 1 amide bonds. The Balaban J connectivity index is 1.38. The maximum atomic E-state index is 13.7. The number of carbonyl (C=O) groups is 1. The number of fused-ring (bicyclic) bond motifs is 2. The molecule has 3 aromatic rings. The molecule has 3 atom stereocenters. The van der Waals surface area contributed by atoms with Crippen molar-refractivity contribution in [3.05, 3.63) is 83.0 Å². The van der Waals surface area contributed by atoms with Crippen molar-refractivity contribution in [3.8, 4) is 17.4 Å². The Morgan fingerprint density at radius 3 is 2.67 bits per heavy atom. The molecule has 3 heterocycles. The van der Waals surface area contributed by atoms with Gasteiger partial charge in [-0.2, -0.15) is 0 Å². The monoisotopic (exact) mass is 529 g/mol. The van der Waals surface area contributed by atoms with Crippen LogP contribution >= 0.6 is 0 Å². The fraction of sp³-hybridized carbons (Fsp3) is 0.355. The van der Waals surface area contributed by atoms with Crippen molar-refractivity contribution >= 4 is 18.1 Å². The summed E-state index contributed by atoms with van der Waals surface area (Å²) >= 11 is 0. The Morgan fingerprint density at radius 2 is 1.87 bits per heavy atom. The maximum absolute atomic E-state index is 13.7. The fourth-order valence-electron chi connectivity index (χ4n) is 4.91. The Morgan fingerprint density at radius 1 is 1.10 bits per heavy atom. The van der Waals surface area contributed by atoms with Crippen molar-refractivity contribution in [2.75, 3.05) is 33.5 Å². The summed E-state index contributed by atoms with van der Waals surface area (Å²) in [6.45, 7) is 5.85. The van der Waals surface area contributed by atoms with Gasteiger partial charge < -0.3 is 24.2 Å². The highest BCUT2D eigenvalue weighted by Gasteiger charge is 2.34. The second kappa shape index (κ2) is 11.9. The Hall–Kier alpha value is -3.88. The normalized spacial score (nSPS) is 19.5. The van der Waals surface area contributed by atoms with Crippen LogP contribution in [0.1, 0.15) is 40.9 Å². The van der Waals surface area contributed by atoms with Gasteiger partial charge in [0, 0.05) is 31.7 Å². The molecule has 39 heavy (non-hydrogen) atoms. The topological polar surface area (TPSA) is 84.4 Å². The lowest BCUT2D eigenvalue weighted by Gasteiger charge is -2.37. The van der Waals surface area contributed by atoms with E-state index in [9.17, 15) is 9.90 Å². The molecule has 204 valence electrons. The van der Waals surface area contributed by atoms with Gasteiger partial charge in [0.25, 0.3) is 5.91 Å². The number of amides is 1. The van der Waals surface area contributed by atoms with Gasteiger partial charge in [0.05, 0.1) is 12.6 Å². The number of aliphatic hydroxyl groups is 1. The first kappa shape index (κ1) is 26.7. The van der Waals surface area contributed by atoms with Crippen molar-refractivity contribution in [3.63, 3.8) is 0 Å². The van der Waals surface area contributed by atoms with Gasteiger partial charge in [-0.15, -0.1) is 0 Å². The molecule has 0 fully saturated rings. The Bertz CT molecular complexity index is 1330. The molecule has 8 nitrogen and oxygen atoms in total. The fourth-order valence-corrected chi connectivity index (χ4v) is 4.91. The van der Waals surface area contributed by atoms with E-state index in [0.29, 0.717) is 31.1 Å². The number of carbonyl (C=O) groups excluding carboxylic acids is 1. The van der Waals surface area contributed by atoms with Gasteiger partial charge in [-0.25, -0.2) is 4.98 Å². The third-order valence-corrected chi connectivity index (χ3v) is 7.19. The summed E-state index contributed by atoms with van der Waals surface area (Å²) in [5.74, 6) is 1.67. The predicted octanol–water partition coefficient (Wildman–Crippen LogP) is 4.33. The van der Waals surface area contributed by atoms with Gasteiger partial charge in [0.2, 0.25) is 12.7 Å². The second-order valence-corrected chi connectivity index (χ2v) is 10.4. The number of rotatable bonds is 8. The van der Waals surface area contributed by atoms with E-state index >= 15 is 0 Å². The van der Waals surface area contributed by atoms with Crippen molar-refractivity contribution < 1.29 is 24.1 Å². The largest absolute Gasteiger partial charge is 0.472 e. The number of nitrogens with zero attached hydrogens (tertiary/aromatic N) is 3. The molecule has 0 bridgehead atoms. The number of likely N-dealkylation sites (N-methyl/N-ethyl adjacent to an activating group) is 1. The van der Waals surface area contributed by atoms with Crippen LogP contribution in [0.25, 0.3) is 12.2 Å². The zero-order chi connectivity index (χ0) is 27.4. The highest BCUT2D eigenvalue weighted by atomic mass is 16.7. The van der Waals surface area contributed by atoms with E-state index in [1.54, 1.807) is 11.1 Å². The first-order chi connectivity index (χ1) is 18.9. The molecule has 5 rings (SSSR count). The molecule has 0 spiro atoms. The van der Waals surface area contributed by atoms with E-state index in [1.807, 2.05) is 80.7 Å². The lowest BCUT2D eigenvalue weighted by atomic mass is 9.99. The molecular formula is C31H35N3O5. The molecule has 8 heteroatoms. The lowest BCUT2D eigenvalue weighted by Crippen LogP contribution is -2.49. The van der Waals surface area contributed by atoms with Gasteiger partial charge >= 0.3 is 0 Å². The predicted molar refractivity (Wildman–Crippen MR) is 150 cm³/mol. The van der Waals surface area contributed by atoms with E-state index in [1.165, 1.54) is 0 Å². The first-order valence-electron chi connectivity index (χ1n) is 13.3. The van der Waals surface area contributed by atoms with Crippen molar-refractivity contribution in [2.45, 2.75) is 32.5 Å². The van der Waals surface area contributed by atoms with Crippen LogP contribution in [-0.2, 0) is 6.54 Å². The molecule has 1 aromatic heterocycles. The molecule has 0 saturated carbocycles. The molecule has 0 aliphatic carbocycles.